The maximum atomic E-state index is 12.3. The molecule has 0 fully saturated rings. The van der Waals surface area contributed by atoms with E-state index in [0.29, 0.717) is 0 Å². The molecule has 0 heterocycles. The maximum absolute atomic E-state index is 12.3. The van der Waals surface area contributed by atoms with E-state index in [1.807, 2.05) is 12.2 Å². The fraction of sp³-hybridized carbons (Fsp3) is 0.718. The monoisotopic (exact) mass is 616 g/mol. The van der Waals surface area contributed by atoms with Crippen LogP contribution in [0.4, 0.5) is 0 Å². The van der Waals surface area contributed by atoms with Crippen LogP contribution in [-0.2, 0) is 4.79 Å². The van der Waals surface area contributed by atoms with Crippen molar-refractivity contribution in [1.82, 2.24) is 5.32 Å². The predicted octanol–water partition coefficient (Wildman–Crippen LogP) is 9.59. The molecule has 4 N–H and O–H groups in total. The van der Waals surface area contributed by atoms with Crippen LogP contribution >= 0.6 is 0 Å². The molecule has 0 aliphatic heterocycles. The van der Waals surface area contributed by atoms with Crippen LogP contribution in [0.3, 0.4) is 0 Å². The van der Waals surface area contributed by atoms with E-state index in [9.17, 15) is 20.1 Å². The molecule has 0 aliphatic carbocycles. The number of allylic oxidation sites excluding steroid dienone is 8. The van der Waals surface area contributed by atoms with Crippen LogP contribution in [0.2, 0.25) is 0 Å². The second-order valence-corrected chi connectivity index (χ2v) is 12.1. The van der Waals surface area contributed by atoms with Gasteiger partial charge in [-0.15, -0.1) is 0 Å². The summed E-state index contributed by atoms with van der Waals surface area (Å²) in [5, 5.41) is 32.7. The van der Waals surface area contributed by atoms with Gasteiger partial charge in [-0.2, -0.15) is 0 Å². The van der Waals surface area contributed by atoms with E-state index in [-0.39, 0.29) is 6.42 Å². The molecule has 44 heavy (non-hydrogen) atoms. The zero-order chi connectivity index (χ0) is 32.4. The number of carbonyl (C=O) groups excluding carboxylic acids is 1. The van der Waals surface area contributed by atoms with Crippen molar-refractivity contribution in [2.45, 2.75) is 173 Å². The van der Waals surface area contributed by atoms with Crippen molar-refractivity contribution in [2.75, 3.05) is 6.61 Å². The van der Waals surface area contributed by atoms with Crippen molar-refractivity contribution in [3.05, 3.63) is 60.8 Å². The van der Waals surface area contributed by atoms with Crippen LogP contribution in [0.5, 0.6) is 0 Å². The van der Waals surface area contributed by atoms with Crippen LogP contribution in [0.25, 0.3) is 0 Å². The molecule has 0 aromatic carbocycles. The molecular weight excluding hydrogens is 546 g/mol. The molecule has 0 radical (unpaired) electrons. The molecule has 0 saturated carbocycles. The Morgan fingerprint density at radius 1 is 0.568 bits per heavy atom. The first-order valence-corrected chi connectivity index (χ1v) is 18.1. The van der Waals surface area contributed by atoms with E-state index in [0.717, 1.165) is 38.5 Å². The molecule has 0 rings (SSSR count). The lowest BCUT2D eigenvalue weighted by molar-refractivity contribution is -0.131. The van der Waals surface area contributed by atoms with Gasteiger partial charge in [0.2, 0.25) is 5.91 Å². The SMILES string of the molecule is CCCCCCCC/C=C\C/C=C\CC(O)C(=O)NC(CO)C(O)/C=C/CC/C=C/CC/C=C/CCCCCCCCCC. The highest BCUT2D eigenvalue weighted by Gasteiger charge is 2.22. The van der Waals surface area contributed by atoms with Gasteiger partial charge in [0.15, 0.2) is 0 Å². The summed E-state index contributed by atoms with van der Waals surface area (Å²) in [5.41, 5.74) is 0. The summed E-state index contributed by atoms with van der Waals surface area (Å²) in [6.45, 7) is 4.09. The second-order valence-electron chi connectivity index (χ2n) is 12.1. The van der Waals surface area contributed by atoms with Crippen molar-refractivity contribution in [3.63, 3.8) is 0 Å². The van der Waals surface area contributed by atoms with Crippen molar-refractivity contribution in [1.29, 1.82) is 0 Å². The standard InChI is InChI=1S/C39H69NO4/c1-3-5-7-9-11-13-15-17-18-19-20-21-22-24-25-27-29-31-33-37(42)36(35-41)40-39(44)38(43)34-32-30-28-26-23-16-14-12-10-8-6-4-2/h19-20,23-26,30-33,36-38,41-43H,3-18,21-22,27-29,34-35H2,1-2H3,(H,40,44)/b20-19+,25-24+,26-23-,32-30-,33-31+. The summed E-state index contributed by atoms with van der Waals surface area (Å²) >= 11 is 0. The molecule has 0 spiro atoms. The fourth-order valence-corrected chi connectivity index (χ4v) is 4.90. The molecule has 0 bridgehead atoms. The van der Waals surface area contributed by atoms with Gasteiger partial charge < -0.3 is 20.6 Å². The third kappa shape index (κ3) is 28.8. The third-order valence-electron chi connectivity index (χ3n) is 7.82. The number of aliphatic hydroxyl groups is 3. The summed E-state index contributed by atoms with van der Waals surface area (Å²) in [4.78, 5) is 12.3. The fourth-order valence-electron chi connectivity index (χ4n) is 4.90. The Bertz CT molecular complexity index is 770. The highest BCUT2D eigenvalue weighted by Crippen LogP contribution is 2.10. The van der Waals surface area contributed by atoms with Crippen LogP contribution in [0.1, 0.15) is 155 Å². The van der Waals surface area contributed by atoms with Gasteiger partial charge in [-0.25, -0.2) is 0 Å². The molecule has 0 aromatic rings. The molecule has 0 aromatic heterocycles. The average molecular weight is 616 g/mol. The van der Waals surface area contributed by atoms with Crippen molar-refractivity contribution in [2.24, 2.45) is 0 Å². The highest BCUT2D eigenvalue weighted by molar-refractivity contribution is 5.81. The predicted molar refractivity (Wildman–Crippen MR) is 190 cm³/mol. The second kappa shape index (κ2) is 33.9. The summed E-state index contributed by atoms with van der Waals surface area (Å²) in [6, 6.07) is -0.851. The van der Waals surface area contributed by atoms with Crippen molar-refractivity contribution in [3.8, 4) is 0 Å². The van der Waals surface area contributed by atoms with Gasteiger partial charge in [0.05, 0.1) is 18.8 Å². The lowest BCUT2D eigenvalue weighted by Crippen LogP contribution is -2.48. The van der Waals surface area contributed by atoms with Gasteiger partial charge in [0.1, 0.15) is 6.10 Å². The van der Waals surface area contributed by atoms with Gasteiger partial charge in [-0.3, -0.25) is 4.79 Å². The quantitative estimate of drug-likeness (QED) is 0.0462. The Hall–Kier alpha value is -1.95. The Balaban J connectivity index is 3.94. The van der Waals surface area contributed by atoms with E-state index in [4.69, 9.17) is 0 Å². The smallest absolute Gasteiger partial charge is 0.249 e. The number of unbranched alkanes of at least 4 members (excludes halogenated alkanes) is 16. The first-order valence-electron chi connectivity index (χ1n) is 18.1. The molecule has 5 nitrogen and oxygen atoms in total. The van der Waals surface area contributed by atoms with Crippen LogP contribution in [-0.4, -0.2) is 46.1 Å². The minimum absolute atomic E-state index is 0.197. The molecule has 5 heteroatoms. The molecule has 0 saturated heterocycles. The number of nitrogens with one attached hydrogen (secondary N) is 1. The van der Waals surface area contributed by atoms with Gasteiger partial charge in [-0.1, -0.05) is 152 Å². The zero-order valence-corrected chi connectivity index (χ0v) is 28.5. The van der Waals surface area contributed by atoms with Gasteiger partial charge in [0.25, 0.3) is 0 Å². The summed E-state index contributed by atoms with van der Waals surface area (Å²) in [6.07, 6.45) is 44.0. The van der Waals surface area contributed by atoms with Crippen LogP contribution < -0.4 is 5.32 Å². The Labute approximate surface area is 271 Å². The summed E-state index contributed by atoms with van der Waals surface area (Å²) < 4.78 is 0. The first kappa shape index (κ1) is 42.0. The van der Waals surface area contributed by atoms with E-state index in [1.165, 1.54) is 96.3 Å². The van der Waals surface area contributed by atoms with Crippen LogP contribution in [0.15, 0.2) is 60.8 Å². The molecule has 3 atom stereocenters. The van der Waals surface area contributed by atoms with Gasteiger partial charge >= 0.3 is 0 Å². The van der Waals surface area contributed by atoms with E-state index in [1.54, 1.807) is 12.2 Å². The van der Waals surface area contributed by atoms with E-state index >= 15 is 0 Å². The molecule has 0 aliphatic rings. The van der Waals surface area contributed by atoms with Gasteiger partial charge in [-0.05, 0) is 57.8 Å². The number of carbonyl (C=O) groups is 1. The number of hydrogen-bond donors (Lipinski definition) is 4. The average Bonchev–Trinajstić information content (AvgIpc) is 3.03. The first-order chi connectivity index (χ1) is 21.6. The zero-order valence-electron chi connectivity index (χ0n) is 28.5. The van der Waals surface area contributed by atoms with Gasteiger partial charge in [0, 0.05) is 6.42 Å². The van der Waals surface area contributed by atoms with Crippen molar-refractivity contribution < 1.29 is 20.1 Å². The minimum Gasteiger partial charge on any atom is -0.394 e. The summed E-state index contributed by atoms with van der Waals surface area (Å²) in [5.74, 6) is -0.588. The van der Waals surface area contributed by atoms with Crippen molar-refractivity contribution >= 4 is 5.91 Å². The minimum atomic E-state index is -1.21. The number of amides is 1. The number of aliphatic hydroxyl groups excluding tert-OH is 3. The Morgan fingerprint density at radius 2 is 1.00 bits per heavy atom. The molecular formula is C39H69NO4. The largest absolute Gasteiger partial charge is 0.394 e. The molecule has 3 unspecified atom stereocenters. The maximum Gasteiger partial charge on any atom is 0.249 e. The Kier molecular flexibility index (Phi) is 32.4. The third-order valence-corrected chi connectivity index (χ3v) is 7.82. The molecule has 254 valence electrons. The lowest BCUT2D eigenvalue weighted by atomic mass is 10.1. The summed E-state index contributed by atoms with van der Waals surface area (Å²) in [7, 11) is 0. The van der Waals surface area contributed by atoms with Crippen LogP contribution in [0, 0.1) is 0 Å². The highest BCUT2D eigenvalue weighted by atomic mass is 16.3. The van der Waals surface area contributed by atoms with E-state index < -0.39 is 30.8 Å². The Morgan fingerprint density at radius 3 is 1.52 bits per heavy atom. The topological polar surface area (TPSA) is 89.8 Å². The van der Waals surface area contributed by atoms with E-state index in [2.05, 4.69) is 55.6 Å². The number of rotatable bonds is 31. The lowest BCUT2D eigenvalue weighted by Gasteiger charge is -2.21. The normalized spacial score (nSPS) is 14.6. The number of hydrogen-bond acceptors (Lipinski definition) is 4. The molecule has 1 amide bonds.